The van der Waals surface area contributed by atoms with Crippen LogP contribution in [0.2, 0.25) is 5.15 Å². The molecule has 2 atom stereocenters. The summed E-state index contributed by atoms with van der Waals surface area (Å²) in [5, 5.41) is 19.6. The van der Waals surface area contributed by atoms with Crippen molar-refractivity contribution in [3.8, 4) is 0 Å². The molecule has 0 bridgehead atoms. The summed E-state index contributed by atoms with van der Waals surface area (Å²) in [5.41, 5.74) is 5.86. The fourth-order valence-electron chi connectivity index (χ4n) is 1.38. The third kappa shape index (κ3) is 3.16. The highest BCUT2D eigenvalue weighted by atomic mass is 35.5. The first-order chi connectivity index (χ1) is 7.41. The molecule has 88 valence electrons. The molecule has 0 aromatic carbocycles. The van der Waals surface area contributed by atoms with Crippen molar-refractivity contribution in [1.82, 2.24) is 4.98 Å². The minimum absolute atomic E-state index is 0.302. The average molecular weight is 245 g/mol. The maximum absolute atomic E-state index is 10.6. The number of nitrogens with zero attached hydrogens (tertiary/aromatic N) is 1. The molecular weight excluding hydrogens is 232 g/mol. The van der Waals surface area contributed by atoms with E-state index in [4.69, 9.17) is 17.3 Å². The van der Waals surface area contributed by atoms with Crippen molar-refractivity contribution in [3.05, 3.63) is 28.5 Å². The van der Waals surface area contributed by atoms with Crippen molar-refractivity contribution in [2.75, 3.05) is 0 Å². The van der Waals surface area contributed by atoms with Crippen molar-refractivity contribution in [3.63, 3.8) is 0 Å². The molecule has 0 saturated carbocycles. The van der Waals surface area contributed by atoms with Gasteiger partial charge in [-0.15, -0.1) is 0 Å². The van der Waals surface area contributed by atoms with Crippen LogP contribution in [-0.2, 0) is 4.79 Å². The van der Waals surface area contributed by atoms with Crippen LogP contribution in [0.25, 0.3) is 0 Å². The van der Waals surface area contributed by atoms with Crippen LogP contribution < -0.4 is 5.73 Å². The van der Waals surface area contributed by atoms with Crippen LogP contribution >= 0.6 is 11.6 Å². The van der Waals surface area contributed by atoms with Crippen LogP contribution in [0.15, 0.2) is 12.1 Å². The van der Waals surface area contributed by atoms with E-state index in [0.717, 1.165) is 0 Å². The van der Waals surface area contributed by atoms with Gasteiger partial charge in [-0.05, 0) is 13.0 Å². The smallest absolute Gasteiger partial charge is 0.220 e. The molecule has 1 rings (SSSR count). The van der Waals surface area contributed by atoms with E-state index < -0.39 is 18.1 Å². The number of primary amides is 1. The normalized spacial score (nSPS) is 14.5. The van der Waals surface area contributed by atoms with E-state index in [9.17, 15) is 15.0 Å². The van der Waals surface area contributed by atoms with Crippen molar-refractivity contribution in [2.24, 2.45) is 5.73 Å². The first-order valence-corrected chi connectivity index (χ1v) is 5.07. The largest absolute Gasteiger partial charge is 0.390 e. The predicted molar refractivity (Wildman–Crippen MR) is 58.8 cm³/mol. The lowest BCUT2D eigenvalue weighted by atomic mass is 10.0. The summed E-state index contributed by atoms with van der Waals surface area (Å²) in [6, 6.07) is 3.06. The standard InChI is InChI=1S/C10H13ClN2O3/c1-5-6(2-3-8(11)13-5)10(16)7(14)4-9(12)15/h2-3,7,10,14,16H,4H2,1H3,(H2,12,15). The number of rotatable bonds is 4. The predicted octanol–water partition coefficient (Wildman–Crippen LogP) is 0.313. The highest BCUT2D eigenvalue weighted by molar-refractivity contribution is 6.29. The molecular formula is C10H13ClN2O3. The van der Waals surface area contributed by atoms with Crippen LogP contribution in [0, 0.1) is 6.92 Å². The highest BCUT2D eigenvalue weighted by Crippen LogP contribution is 2.22. The fraction of sp³-hybridized carbons (Fsp3) is 0.400. The summed E-state index contributed by atoms with van der Waals surface area (Å²) in [6.45, 7) is 1.65. The molecule has 0 aliphatic rings. The molecule has 5 nitrogen and oxygen atoms in total. The molecule has 0 aliphatic carbocycles. The maximum Gasteiger partial charge on any atom is 0.220 e. The monoisotopic (exact) mass is 244 g/mol. The summed E-state index contributed by atoms with van der Waals surface area (Å²) in [4.78, 5) is 14.5. The third-order valence-corrected chi connectivity index (χ3v) is 2.40. The van der Waals surface area contributed by atoms with Crippen molar-refractivity contribution >= 4 is 17.5 Å². The average Bonchev–Trinajstić information content (AvgIpc) is 2.15. The Labute approximate surface area is 97.9 Å². The van der Waals surface area contributed by atoms with Crippen LogP contribution in [0.3, 0.4) is 0 Å². The number of aromatic nitrogens is 1. The SMILES string of the molecule is Cc1nc(Cl)ccc1C(O)C(O)CC(N)=O. The zero-order valence-electron chi connectivity index (χ0n) is 8.72. The molecule has 6 heteroatoms. The number of nitrogens with two attached hydrogens (primary N) is 1. The Hall–Kier alpha value is -1.17. The summed E-state index contributed by atoms with van der Waals surface area (Å²) >= 11 is 5.66. The van der Waals surface area contributed by atoms with E-state index in [1.165, 1.54) is 6.07 Å². The fourth-order valence-corrected chi connectivity index (χ4v) is 1.57. The van der Waals surface area contributed by atoms with E-state index in [1.807, 2.05) is 0 Å². The number of carbonyl (C=O) groups is 1. The van der Waals surface area contributed by atoms with Gasteiger partial charge in [0.15, 0.2) is 0 Å². The zero-order chi connectivity index (χ0) is 12.3. The Balaban J connectivity index is 2.87. The molecule has 1 amide bonds. The molecule has 0 saturated heterocycles. The van der Waals surface area contributed by atoms with Gasteiger partial charge in [0, 0.05) is 11.3 Å². The van der Waals surface area contributed by atoms with Gasteiger partial charge < -0.3 is 15.9 Å². The Kier molecular flexibility index (Phi) is 4.23. The van der Waals surface area contributed by atoms with Gasteiger partial charge in [0.05, 0.1) is 12.5 Å². The molecule has 1 aromatic heterocycles. The third-order valence-electron chi connectivity index (χ3n) is 2.19. The quantitative estimate of drug-likeness (QED) is 0.665. The first kappa shape index (κ1) is 12.9. The van der Waals surface area contributed by atoms with Crippen molar-refractivity contribution in [2.45, 2.75) is 25.6 Å². The molecule has 0 spiro atoms. The molecule has 1 aromatic rings. The van der Waals surface area contributed by atoms with Gasteiger partial charge in [0.1, 0.15) is 11.3 Å². The Morgan fingerprint density at radius 2 is 2.19 bits per heavy atom. The van der Waals surface area contributed by atoms with E-state index in [0.29, 0.717) is 16.4 Å². The molecule has 2 unspecified atom stereocenters. The van der Waals surface area contributed by atoms with Gasteiger partial charge in [0.25, 0.3) is 0 Å². The summed E-state index contributed by atoms with van der Waals surface area (Å²) in [5.74, 6) is -0.675. The van der Waals surface area contributed by atoms with Crippen LogP contribution in [0.5, 0.6) is 0 Å². The highest BCUT2D eigenvalue weighted by Gasteiger charge is 2.22. The lowest BCUT2D eigenvalue weighted by Gasteiger charge is -2.18. The maximum atomic E-state index is 10.6. The van der Waals surface area contributed by atoms with Gasteiger partial charge in [-0.2, -0.15) is 0 Å². The van der Waals surface area contributed by atoms with Crippen molar-refractivity contribution in [1.29, 1.82) is 0 Å². The lowest BCUT2D eigenvalue weighted by Crippen LogP contribution is -2.26. The van der Waals surface area contributed by atoms with Crippen molar-refractivity contribution < 1.29 is 15.0 Å². The number of halogens is 1. The van der Waals surface area contributed by atoms with Gasteiger partial charge >= 0.3 is 0 Å². The Morgan fingerprint density at radius 1 is 1.56 bits per heavy atom. The molecule has 0 aliphatic heterocycles. The second-order valence-corrected chi connectivity index (χ2v) is 3.88. The topological polar surface area (TPSA) is 96.4 Å². The summed E-state index contributed by atoms with van der Waals surface area (Å²) < 4.78 is 0. The second kappa shape index (κ2) is 5.25. The molecule has 16 heavy (non-hydrogen) atoms. The van der Waals surface area contributed by atoms with E-state index in [2.05, 4.69) is 4.98 Å². The number of carbonyl (C=O) groups excluding carboxylic acids is 1. The Bertz CT molecular complexity index is 398. The number of aliphatic hydroxyl groups is 2. The van der Waals surface area contributed by atoms with E-state index in [-0.39, 0.29) is 6.42 Å². The first-order valence-electron chi connectivity index (χ1n) is 4.69. The number of aliphatic hydroxyl groups excluding tert-OH is 2. The molecule has 4 N–H and O–H groups in total. The molecule has 0 fully saturated rings. The molecule has 0 radical (unpaired) electrons. The minimum Gasteiger partial charge on any atom is -0.390 e. The Morgan fingerprint density at radius 3 is 2.69 bits per heavy atom. The number of pyridine rings is 1. The second-order valence-electron chi connectivity index (χ2n) is 3.49. The lowest BCUT2D eigenvalue weighted by molar-refractivity contribution is -0.121. The van der Waals surface area contributed by atoms with E-state index in [1.54, 1.807) is 13.0 Å². The summed E-state index contributed by atoms with van der Waals surface area (Å²) in [7, 11) is 0. The van der Waals surface area contributed by atoms with E-state index >= 15 is 0 Å². The van der Waals surface area contributed by atoms with Gasteiger partial charge in [-0.1, -0.05) is 17.7 Å². The number of hydrogen-bond acceptors (Lipinski definition) is 4. The number of aryl methyl sites for hydroxylation is 1. The minimum atomic E-state index is -1.24. The zero-order valence-corrected chi connectivity index (χ0v) is 9.48. The van der Waals surface area contributed by atoms with Crippen LogP contribution in [0.4, 0.5) is 0 Å². The number of hydrogen-bond donors (Lipinski definition) is 3. The van der Waals surface area contributed by atoms with Crippen LogP contribution in [-0.4, -0.2) is 27.2 Å². The number of amides is 1. The summed E-state index contributed by atoms with van der Waals surface area (Å²) in [6.07, 6.45) is -2.74. The van der Waals surface area contributed by atoms with Crippen LogP contribution in [0.1, 0.15) is 23.8 Å². The van der Waals surface area contributed by atoms with Gasteiger partial charge in [-0.3, -0.25) is 4.79 Å². The van der Waals surface area contributed by atoms with Gasteiger partial charge in [0.2, 0.25) is 5.91 Å². The molecule has 1 heterocycles. The van der Waals surface area contributed by atoms with Gasteiger partial charge in [-0.25, -0.2) is 4.98 Å².